The van der Waals surface area contributed by atoms with Gasteiger partial charge in [-0.2, -0.15) is 0 Å². The summed E-state index contributed by atoms with van der Waals surface area (Å²) in [4.78, 5) is 34.9. The molecule has 2 rings (SSSR count). The molecule has 1 aliphatic carbocycles. The molecule has 0 radical (unpaired) electrons. The molecule has 0 spiro atoms. The van der Waals surface area contributed by atoms with E-state index >= 15 is 0 Å². The Morgan fingerprint density at radius 1 is 0.870 bits per heavy atom. The number of hydrogen-bond donors (Lipinski definition) is 0. The van der Waals surface area contributed by atoms with E-state index in [1.807, 2.05) is 0 Å². The summed E-state index contributed by atoms with van der Waals surface area (Å²) in [5.41, 5.74) is -1.85. The molecule has 1 fully saturated rings. The number of nitro benzene ring substituents is 3. The van der Waals surface area contributed by atoms with Gasteiger partial charge >= 0.3 is 17.1 Å². The lowest BCUT2D eigenvalue weighted by molar-refractivity contribution is -0.404. The number of nitro groups is 3. The van der Waals surface area contributed by atoms with E-state index in [1.165, 1.54) is 0 Å². The number of benzene rings is 1. The van der Waals surface area contributed by atoms with Crippen molar-refractivity contribution in [3.63, 3.8) is 0 Å². The van der Waals surface area contributed by atoms with Gasteiger partial charge < -0.3 is 4.84 Å². The summed E-state index contributed by atoms with van der Waals surface area (Å²) in [6.45, 7) is 0. The molecule has 23 heavy (non-hydrogen) atoms. The minimum absolute atomic E-state index is 0.614. The van der Waals surface area contributed by atoms with Gasteiger partial charge in [0.05, 0.1) is 32.6 Å². The second-order valence-electron chi connectivity index (χ2n) is 4.89. The van der Waals surface area contributed by atoms with Crippen LogP contribution in [-0.2, 0) is 0 Å². The maximum absolute atomic E-state index is 11.1. The maximum atomic E-state index is 11.1. The highest BCUT2D eigenvalue weighted by Gasteiger charge is 2.33. The molecule has 122 valence electrons. The van der Waals surface area contributed by atoms with Crippen molar-refractivity contribution in [1.29, 1.82) is 0 Å². The van der Waals surface area contributed by atoms with Gasteiger partial charge in [0.2, 0.25) is 0 Å². The fourth-order valence-electron chi connectivity index (χ4n) is 2.22. The molecule has 0 N–H and O–H groups in total. The molecule has 1 aliphatic rings. The third-order valence-corrected chi connectivity index (χ3v) is 3.34. The summed E-state index contributed by atoms with van der Waals surface area (Å²) < 4.78 is 0. The molecule has 0 heterocycles. The standard InChI is InChI=1S/C12H12N4O7/c17-14(18)9-6-10(15(19)20)12(11(7-9)16(21)22)23-13-8-4-2-1-3-5-8/h6-7H,1-5H2. The van der Waals surface area contributed by atoms with Crippen LogP contribution in [0.3, 0.4) is 0 Å². The minimum atomic E-state index is -0.976. The van der Waals surface area contributed by atoms with Gasteiger partial charge in [0.25, 0.3) is 5.69 Å². The number of rotatable bonds is 5. The zero-order chi connectivity index (χ0) is 17.0. The predicted molar refractivity (Wildman–Crippen MR) is 77.6 cm³/mol. The van der Waals surface area contributed by atoms with Crippen molar-refractivity contribution >= 4 is 22.8 Å². The molecule has 0 unspecified atom stereocenters. The van der Waals surface area contributed by atoms with Gasteiger partial charge in [0.15, 0.2) is 0 Å². The highest BCUT2D eigenvalue weighted by Crippen LogP contribution is 2.40. The van der Waals surface area contributed by atoms with E-state index in [2.05, 4.69) is 5.16 Å². The number of nitrogens with zero attached hydrogens (tertiary/aromatic N) is 4. The Morgan fingerprint density at radius 3 is 1.83 bits per heavy atom. The van der Waals surface area contributed by atoms with Crippen molar-refractivity contribution in [2.24, 2.45) is 5.16 Å². The SMILES string of the molecule is O=[N+]([O-])c1cc([N+](=O)[O-])c(ON=C2CCCCC2)c([N+](=O)[O-])c1. The second-order valence-corrected chi connectivity index (χ2v) is 4.89. The van der Waals surface area contributed by atoms with Crippen LogP contribution >= 0.6 is 0 Å². The van der Waals surface area contributed by atoms with Crippen LogP contribution in [-0.4, -0.2) is 20.5 Å². The molecule has 11 nitrogen and oxygen atoms in total. The Hall–Kier alpha value is -3.11. The lowest BCUT2D eigenvalue weighted by Crippen LogP contribution is -2.07. The van der Waals surface area contributed by atoms with E-state index in [0.29, 0.717) is 30.7 Å². The van der Waals surface area contributed by atoms with Crippen molar-refractivity contribution in [3.8, 4) is 5.75 Å². The Bertz CT molecular complexity index is 658. The Labute approximate surface area is 129 Å². The van der Waals surface area contributed by atoms with Gasteiger partial charge in [0, 0.05) is 0 Å². The molecule has 0 aliphatic heterocycles. The highest BCUT2D eigenvalue weighted by atomic mass is 16.7. The summed E-state index contributed by atoms with van der Waals surface area (Å²) in [6, 6.07) is 1.23. The molecule has 1 aromatic rings. The van der Waals surface area contributed by atoms with E-state index in [9.17, 15) is 30.3 Å². The zero-order valence-electron chi connectivity index (χ0n) is 11.8. The first-order valence-corrected chi connectivity index (χ1v) is 6.74. The summed E-state index contributed by atoms with van der Waals surface area (Å²) in [5, 5.41) is 36.6. The van der Waals surface area contributed by atoms with E-state index in [-0.39, 0.29) is 0 Å². The molecule has 1 saturated carbocycles. The smallest absolute Gasteiger partial charge is 0.328 e. The maximum Gasteiger partial charge on any atom is 0.328 e. The van der Waals surface area contributed by atoms with E-state index in [1.54, 1.807) is 0 Å². The second kappa shape index (κ2) is 6.77. The zero-order valence-corrected chi connectivity index (χ0v) is 11.8. The van der Waals surface area contributed by atoms with Gasteiger partial charge in [-0.1, -0.05) is 11.6 Å². The van der Waals surface area contributed by atoms with Crippen LogP contribution in [0.15, 0.2) is 17.3 Å². The Balaban J connectivity index is 2.48. The van der Waals surface area contributed by atoms with Crippen molar-refractivity contribution in [2.45, 2.75) is 32.1 Å². The number of oxime groups is 1. The summed E-state index contributed by atoms with van der Waals surface area (Å²) in [5.74, 6) is -0.705. The van der Waals surface area contributed by atoms with Crippen LogP contribution in [0.2, 0.25) is 0 Å². The van der Waals surface area contributed by atoms with Crippen molar-refractivity contribution in [2.75, 3.05) is 0 Å². The normalized spacial score (nSPS) is 14.2. The van der Waals surface area contributed by atoms with Gasteiger partial charge in [0.1, 0.15) is 0 Å². The van der Waals surface area contributed by atoms with Gasteiger partial charge in [-0.15, -0.1) is 0 Å². The van der Waals surface area contributed by atoms with Gasteiger partial charge in [-0.05, 0) is 25.7 Å². The van der Waals surface area contributed by atoms with E-state index in [4.69, 9.17) is 4.84 Å². The molecule has 0 aromatic heterocycles. The van der Waals surface area contributed by atoms with E-state index < -0.39 is 37.6 Å². The van der Waals surface area contributed by atoms with Crippen LogP contribution in [0, 0.1) is 30.3 Å². The third kappa shape index (κ3) is 3.75. The summed E-state index contributed by atoms with van der Waals surface area (Å²) in [6.07, 6.45) is 4.12. The van der Waals surface area contributed by atoms with Crippen molar-refractivity contribution in [3.05, 3.63) is 42.5 Å². The van der Waals surface area contributed by atoms with Crippen LogP contribution in [0.1, 0.15) is 32.1 Å². The summed E-state index contributed by atoms with van der Waals surface area (Å²) >= 11 is 0. The van der Waals surface area contributed by atoms with Crippen molar-refractivity contribution in [1.82, 2.24) is 0 Å². The first kappa shape index (κ1) is 16.3. The summed E-state index contributed by atoms with van der Waals surface area (Å²) in [7, 11) is 0. The first-order chi connectivity index (χ1) is 10.9. The van der Waals surface area contributed by atoms with Crippen LogP contribution in [0.25, 0.3) is 0 Å². The van der Waals surface area contributed by atoms with Crippen LogP contribution in [0.5, 0.6) is 5.75 Å². The van der Waals surface area contributed by atoms with Crippen molar-refractivity contribution < 1.29 is 19.6 Å². The molecule has 11 heteroatoms. The first-order valence-electron chi connectivity index (χ1n) is 6.74. The minimum Gasteiger partial charge on any atom is -0.342 e. The van der Waals surface area contributed by atoms with Gasteiger partial charge in [-0.25, -0.2) is 0 Å². The number of hydrogen-bond acceptors (Lipinski definition) is 8. The molecule has 0 saturated heterocycles. The largest absolute Gasteiger partial charge is 0.342 e. The molecular formula is C12H12N4O7. The van der Waals surface area contributed by atoms with E-state index in [0.717, 1.165) is 19.3 Å². The Kier molecular flexibility index (Phi) is 4.79. The monoisotopic (exact) mass is 324 g/mol. The fraction of sp³-hybridized carbons (Fsp3) is 0.417. The lowest BCUT2D eigenvalue weighted by Gasteiger charge is -2.11. The average Bonchev–Trinajstić information content (AvgIpc) is 2.52. The molecule has 0 bridgehead atoms. The molecule has 1 aromatic carbocycles. The fourth-order valence-corrected chi connectivity index (χ4v) is 2.22. The molecule has 0 atom stereocenters. The predicted octanol–water partition coefficient (Wildman–Crippen LogP) is 3.11. The highest BCUT2D eigenvalue weighted by molar-refractivity contribution is 5.84. The molecular weight excluding hydrogens is 312 g/mol. The lowest BCUT2D eigenvalue weighted by atomic mass is 9.99. The quantitative estimate of drug-likeness (QED) is 0.595. The van der Waals surface area contributed by atoms with Crippen LogP contribution in [0.4, 0.5) is 17.1 Å². The third-order valence-electron chi connectivity index (χ3n) is 3.34. The van der Waals surface area contributed by atoms with Crippen LogP contribution < -0.4 is 4.84 Å². The van der Waals surface area contributed by atoms with Gasteiger partial charge in [-0.3, -0.25) is 30.3 Å². The number of non-ortho nitro benzene ring substituents is 1. The average molecular weight is 324 g/mol. The topological polar surface area (TPSA) is 151 Å². The Morgan fingerprint density at radius 2 is 1.39 bits per heavy atom. The molecule has 0 amide bonds.